The van der Waals surface area contributed by atoms with E-state index in [1.807, 2.05) is 60.7 Å². The van der Waals surface area contributed by atoms with Gasteiger partial charge in [0.05, 0.1) is 11.6 Å². The zero-order valence-corrected chi connectivity index (χ0v) is 16.6. The van der Waals surface area contributed by atoms with Gasteiger partial charge in [-0.25, -0.2) is 9.59 Å². The van der Waals surface area contributed by atoms with E-state index < -0.39 is 30.3 Å². The summed E-state index contributed by atoms with van der Waals surface area (Å²) in [5.74, 6) is -0.629. The smallest absolute Gasteiger partial charge is 0.408 e. The molecule has 0 bridgehead atoms. The first-order valence-corrected chi connectivity index (χ1v) is 9.90. The standard InChI is InChI=1S/C25H20N2O4/c26-16-20-14-8-7-13-19(20)15-21-24(28)31-23(18-11-5-2-6-12-18)22(27(21)25(29)30)17-9-3-1-4-10-17/h1-14,21-23H,15H2,(H,29,30)/t21-,22-,23+/m1/s1. The highest BCUT2D eigenvalue weighted by atomic mass is 16.6. The molecule has 154 valence electrons. The predicted molar refractivity (Wildman–Crippen MR) is 113 cm³/mol. The number of rotatable bonds is 4. The maximum atomic E-state index is 13.1. The lowest BCUT2D eigenvalue weighted by Gasteiger charge is -2.44. The van der Waals surface area contributed by atoms with Crippen LogP contribution in [0.25, 0.3) is 0 Å². The molecule has 6 nitrogen and oxygen atoms in total. The van der Waals surface area contributed by atoms with Crippen molar-refractivity contribution in [3.63, 3.8) is 0 Å². The molecule has 6 heteroatoms. The maximum Gasteiger partial charge on any atom is 0.408 e. The first kappa shape index (κ1) is 20.2. The van der Waals surface area contributed by atoms with Crippen molar-refractivity contribution >= 4 is 12.1 Å². The highest BCUT2D eigenvalue weighted by Crippen LogP contribution is 2.42. The van der Waals surface area contributed by atoms with Gasteiger partial charge in [-0.15, -0.1) is 0 Å². The lowest BCUT2D eigenvalue weighted by molar-refractivity contribution is -0.172. The van der Waals surface area contributed by atoms with Crippen molar-refractivity contribution in [1.82, 2.24) is 4.90 Å². The van der Waals surface area contributed by atoms with Crippen molar-refractivity contribution in [1.29, 1.82) is 5.26 Å². The molecule has 1 N–H and O–H groups in total. The number of nitriles is 1. The average molecular weight is 412 g/mol. The van der Waals surface area contributed by atoms with Gasteiger partial charge < -0.3 is 9.84 Å². The van der Waals surface area contributed by atoms with E-state index in [4.69, 9.17) is 4.74 Å². The molecule has 0 saturated carbocycles. The van der Waals surface area contributed by atoms with Crippen LogP contribution in [0, 0.1) is 11.3 Å². The largest absolute Gasteiger partial charge is 0.465 e. The van der Waals surface area contributed by atoms with Crippen LogP contribution in [0.3, 0.4) is 0 Å². The number of benzene rings is 3. The number of hydrogen-bond acceptors (Lipinski definition) is 4. The number of amides is 1. The van der Waals surface area contributed by atoms with Crippen LogP contribution in [0.2, 0.25) is 0 Å². The minimum atomic E-state index is -1.22. The Morgan fingerprint density at radius 3 is 2.13 bits per heavy atom. The molecule has 1 saturated heterocycles. The van der Waals surface area contributed by atoms with E-state index in [0.29, 0.717) is 16.7 Å². The summed E-state index contributed by atoms with van der Waals surface area (Å²) in [5, 5.41) is 19.6. The molecule has 1 amide bonds. The molecule has 3 aromatic rings. The quantitative estimate of drug-likeness (QED) is 0.638. The van der Waals surface area contributed by atoms with Gasteiger partial charge in [-0.3, -0.25) is 4.90 Å². The Bertz CT molecular complexity index is 1130. The van der Waals surface area contributed by atoms with Gasteiger partial charge in [0.15, 0.2) is 6.10 Å². The Kier molecular flexibility index (Phi) is 5.67. The fourth-order valence-corrected chi connectivity index (χ4v) is 4.05. The Balaban J connectivity index is 1.81. The number of morpholine rings is 1. The number of cyclic esters (lactones) is 1. The van der Waals surface area contributed by atoms with Gasteiger partial charge in [-0.2, -0.15) is 5.26 Å². The van der Waals surface area contributed by atoms with Crippen molar-refractivity contribution in [3.8, 4) is 6.07 Å². The Hall–Kier alpha value is -4.11. The number of carboxylic acid groups (broad SMARTS) is 1. The van der Waals surface area contributed by atoms with Gasteiger partial charge in [0.1, 0.15) is 12.1 Å². The maximum absolute atomic E-state index is 13.1. The second kappa shape index (κ2) is 8.72. The van der Waals surface area contributed by atoms with Crippen LogP contribution in [-0.2, 0) is 16.0 Å². The van der Waals surface area contributed by atoms with Crippen LogP contribution in [0.15, 0.2) is 84.9 Å². The number of nitrogens with zero attached hydrogens (tertiary/aromatic N) is 2. The van der Waals surface area contributed by atoms with Crippen molar-refractivity contribution in [2.24, 2.45) is 0 Å². The number of carbonyl (C=O) groups is 2. The monoisotopic (exact) mass is 412 g/mol. The Morgan fingerprint density at radius 1 is 0.935 bits per heavy atom. The first-order valence-electron chi connectivity index (χ1n) is 9.90. The summed E-state index contributed by atoms with van der Waals surface area (Å²) in [6.07, 6.45) is -1.94. The van der Waals surface area contributed by atoms with E-state index in [2.05, 4.69) is 6.07 Å². The number of carbonyl (C=O) groups excluding carboxylic acids is 1. The van der Waals surface area contributed by atoms with Crippen molar-refractivity contribution in [2.75, 3.05) is 0 Å². The second-order valence-corrected chi connectivity index (χ2v) is 7.30. The summed E-state index contributed by atoms with van der Waals surface area (Å²) < 4.78 is 5.85. The van der Waals surface area contributed by atoms with Gasteiger partial charge in [0, 0.05) is 6.42 Å². The molecule has 3 aromatic carbocycles. The molecule has 1 aliphatic rings. The Labute approximate surface area is 179 Å². The van der Waals surface area contributed by atoms with E-state index >= 15 is 0 Å². The minimum absolute atomic E-state index is 0.0553. The fourth-order valence-electron chi connectivity index (χ4n) is 4.05. The fraction of sp³-hybridized carbons (Fsp3) is 0.160. The molecule has 0 spiro atoms. The average Bonchev–Trinajstić information content (AvgIpc) is 2.81. The van der Waals surface area contributed by atoms with Crippen molar-refractivity contribution in [2.45, 2.75) is 24.6 Å². The summed E-state index contributed by atoms with van der Waals surface area (Å²) in [7, 11) is 0. The Morgan fingerprint density at radius 2 is 1.52 bits per heavy atom. The van der Waals surface area contributed by atoms with Gasteiger partial charge in [0.25, 0.3) is 0 Å². The second-order valence-electron chi connectivity index (χ2n) is 7.30. The zero-order valence-electron chi connectivity index (χ0n) is 16.6. The molecular weight excluding hydrogens is 392 g/mol. The summed E-state index contributed by atoms with van der Waals surface area (Å²) >= 11 is 0. The summed E-state index contributed by atoms with van der Waals surface area (Å²) in [4.78, 5) is 26.7. The summed E-state index contributed by atoms with van der Waals surface area (Å²) in [6.45, 7) is 0. The number of hydrogen-bond donors (Lipinski definition) is 1. The molecule has 1 aliphatic heterocycles. The predicted octanol–water partition coefficient (Wildman–Crippen LogP) is 4.49. The van der Waals surface area contributed by atoms with Gasteiger partial charge in [-0.1, -0.05) is 78.9 Å². The van der Waals surface area contributed by atoms with Crippen LogP contribution >= 0.6 is 0 Å². The normalized spacial score (nSPS) is 20.5. The molecule has 3 atom stereocenters. The molecule has 1 heterocycles. The third kappa shape index (κ3) is 3.99. The third-order valence-corrected chi connectivity index (χ3v) is 5.48. The minimum Gasteiger partial charge on any atom is -0.465 e. The molecule has 0 aromatic heterocycles. The van der Waals surface area contributed by atoms with Gasteiger partial charge in [-0.05, 0) is 22.8 Å². The van der Waals surface area contributed by atoms with E-state index in [1.165, 1.54) is 4.90 Å². The van der Waals surface area contributed by atoms with Gasteiger partial charge in [0.2, 0.25) is 0 Å². The SMILES string of the molecule is N#Cc1ccccc1C[C@@H]1C(=O)O[C@@H](c2ccccc2)[C@@H](c2ccccc2)N1C(=O)O. The summed E-state index contributed by atoms with van der Waals surface area (Å²) in [5.41, 5.74) is 2.45. The lowest BCUT2D eigenvalue weighted by atomic mass is 9.89. The van der Waals surface area contributed by atoms with E-state index in [-0.39, 0.29) is 6.42 Å². The molecule has 0 aliphatic carbocycles. The summed E-state index contributed by atoms with van der Waals surface area (Å²) in [6, 6.07) is 25.5. The lowest BCUT2D eigenvalue weighted by Crippen LogP contribution is -2.54. The van der Waals surface area contributed by atoms with Crippen molar-refractivity contribution < 1.29 is 19.4 Å². The van der Waals surface area contributed by atoms with Crippen LogP contribution in [0.5, 0.6) is 0 Å². The zero-order chi connectivity index (χ0) is 21.8. The number of ether oxygens (including phenoxy) is 1. The van der Waals surface area contributed by atoms with Crippen LogP contribution in [-0.4, -0.2) is 28.1 Å². The highest BCUT2D eigenvalue weighted by molar-refractivity contribution is 5.83. The first-order chi connectivity index (χ1) is 15.1. The molecule has 0 unspecified atom stereocenters. The van der Waals surface area contributed by atoms with E-state index in [1.54, 1.807) is 24.3 Å². The topological polar surface area (TPSA) is 90.6 Å². The molecule has 0 radical (unpaired) electrons. The van der Waals surface area contributed by atoms with Crippen molar-refractivity contribution in [3.05, 3.63) is 107 Å². The molecule has 1 fully saturated rings. The molecule has 31 heavy (non-hydrogen) atoms. The van der Waals surface area contributed by atoms with E-state index in [9.17, 15) is 20.0 Å². The van der Waals surface area contributed by atoms with Crippen LogP contribution in [0.4, 0.5) is 4.79 Å². The third-order valence-electron chi connectivity index (χ3n) is 5.48. The number of esters is 1. The molecule has 4 rings (SSSR count). The van der Waals surface area contributed by atoms with Crippen LogP contribution < -0.4 is 0 Å². The molecular formula is C25H20N2O4. The van der Waals surface area contributed by atoms with Crippen LogP contribution in [0.1, 0.15) is 34.4 Å². The van der Waals surface area contributed by atoms with E-state index in [0.717, 1.165) is 5.56 Å². The highest BCUT2D eigenvalue weighted by Gasteiger charge is 2.47. The van der Waals surface area contributed by atoms with Gasteiger partial charge >= 0.3 is 12.1 Å².